The number of amides is 1. The van der Waals surface area contributed by atoms with E-state index in [1.807, 2.05) is 66.9 Å². The fraction of sp³-hybridized carbons (Fsp3) is 0.150. The van der Waals surface area contributed by atoms with Crippen molar-refractivity contribution in [2.24, 2.45) is 0 Å². The Morgan fingerprint density at radius 2 is 1.93 bits per heavy atom. The van der Waals surface area contributed by atoms with Gasteiger partial charge in [-0.25, -0.2) is 4.52 Å². The average molecular weight is 378 g/mol. The van der Waals surface area contributed by atoms with Gasteiger partial charge in [0.1, 0.15) is 5.75 Å². The van der Waals surface area contributed by atoms with Crippen LogP contribution in [0.5, 0.6) is 5.75 Å². The normalized spacial score (nSPS) is 10.9. The summed E-state index contributed by atoms with van der Waals surface area (Å²) in [5, 5.41) is 9.11. The Morgan fingerprint density at radius 1 is 1.15 bits per heavy atom. The Bertz CT molecular complexity index is 1070. The molecule has 6 nitrogen and oxygen atoms in total. The largest absolute Gasteiger partial charge is 0.483 e. The number of anilines is 1. The van der Waals surface area contributed by atoms with Gasteiger partial charge < -0.3 is 4.74 Å². The summed E-state index contributed by atoms with van der Waals surface area (Å²) in [6, 6.07) is 17.7. The topological polar surface area (TPSA) is 68.5 Å². The van der Waals surface area contributed by atoms with E-state index >= 15 is 0 Å². The highest BCUT2D eigenvalue weighted by atomic mass is 32.1. The summed E-state index contributed by atoms with van der Waals surface area (Å²) in [6.45, 7) is 1.96. The molecule has 0 aliphatic rings. The van der Waals surface area contributed by atoms with Crippen LogP contribution < -0.4 is 10.1 Å². The zero-order valence-corrected chi connectivity index (χ0v) is 15.6. The van der Waals surface area contributed by atoms with Gasteiger partial charge in [-0.15, -0.1) is 16.4 Å². The fourth-order valence-corrected chi connectivity index (χ4v) is 3.61. The molecule has 7 heteroatoms. The molecule has 0 aliphatic heterocycles. The van der Waals surface area contributed by atoms with E-state index in [-0.39, 0.29) is 18.5 Å². The lowest BCUT2D eigenvalue weighted by molar-refractivity contribution is -0.118. The number of thiazole rings is 1. The number of nitrogens with zero attached hydrogens (tertiary/aromatic N) is 3. The zero-order valence-electron chi connectivity index (χ0n) is 14.8. The third-order valence-corrected chi connectivity index (χ3v) is 4.93. The van der Waals surface area contributed by atoms with Gasteiger partial charge in [0.2, 0.25) is 4.96 Å². The maximum atomic E-state index is 12.2. The molecule has 2 aromatic carbocycles. The predicted octanol–water partition coefficient (Wildman–Crippen LogP) is 4.04. The summed E-state index contributed by atoms with van der Waals surface area (Å²) in [5.74, 6) is 0.706. The highest BCUT2D eigenvalue weighted by Gasteiger charge is 2.14. The molecular weight excluding hydrogens is 360 g/mol. The van der Waals surface area contributed by atoms with Crippen molar-refractivity contribution in [2.75, 3.05) is 11.9 Å². The molecule has 136 valence electrons. The third-order valence-electron chi connectivity index (χ3n) is 4.11. The summed E-state index contributed by atoms with van der Waals surface area (Å²) in [6.07, 6.45) is 0.846. The highest BCUT2D eigenvalue weighted by Crippen LogP contribution is 2.25. The van der Waals surface area contributed by atoms with Crippen molar-refractivity contribution in [3.8, 4) is 17.0 Å². The zero-order chi connectivity index (χ0) is 18.6. The number of carbonyl (C=O) groups excluding carboxylic acids is 1. The van der Waals surface area contributed by atoms with Crippen LogP contribution >= 0.6 is 11.3 Å². The molecule has 0 saturated heterocycles. The number of fused-ring (bicyclic) bond motifs is 1. The van der Waals surface area contributed by atoms with Gasteiger partial charge in [0, 0.05) is 10.9 Å². The van der Waals surface area contributed by atoms with Crippen molar-refractivity contribution in [2.45, 2.75) is 13.3 Å². The van der Waals surface area contributed by atoms with Crippen LogP contribution in [-0.2, 0) is 11.2 Å². The lowest BCUT2D eigenvalue weighted by atomic mass is 10.1. The van der Waals surface area contributed by atoms with Crippen LogP contribution in [0.4, 0.5) is 5.95 Å². The lowest BCUT2D eigenvalue weighted by Crippen LogP contribution is -2.21. The van der Waals surface area contributed by atoms with Gasteiger partial charge in [0.05, 0.1) is 5.69 Å². The predicted molar refractivity (Wildman–Crippen MR) is 106 cm³/mol. The highest BCUT2D eigenvalue weighted by molar-refractivity contribution is 7.15. The van der Waals surface area contributed by atoms with Gasteiger partial charge in [0.15, 0.2) is 6.61 Å². The Labute approximate surface area is 160 Å². The Hall–Kier alpha value is -3.19. The van der Waals surface area contributed by atoms with Crippen LogP contribution in [0.15, 0.2) is 60.0 Å². The molecule has 0 saturated carbocycles. The van der Waals surface area contributed by atoms with Crippen molar-refractivity contribution in [1.29, 1.82) is 0 Å². The van der Waals surface area contributed by atoms with E-state index in [0.717, 1.165) is 34.0 Å². The second kappa shape index (κ2) is 7.59. The molecule has 4 rings (SSSR count). The van der Waals surface area contributed by atoms with E-state index < -0.39 is 0 Å². The smallest absolute Gasteiger partial charge is 0.264 e. The van der Waals surface area contributed by atoms with Gasteiger partial charge in [-0.2, -0.15) is 4.98 Å². The molecule has 27 heavy (non-hydrogen) atoms. The van der Waals surface area contributed by atoms with E-state index in [1.165, 1.54) is 11.3 Å². The molecular formula is C20H18N4O2S. The molecule has 0 spiro atoms. The second-order valence-electron chi connectivity index (χ2n) is 5.91. The second-order valence-corrected chi connectivity index (χ2v) is 6.75. The lowest BCUT2D eigenvalue weighted by Gasteiger charge is -2.09. The van der Waals surface area contributed by atoms with Crippen molar-refractivity contribution in [1.82, 2.24) is 14.6 Å². The molecule has 0 bridgehead atoms. The minimum atomic E-state index is -0.291. The van der Waals surface area contributed by atoms with E-state index in [2.05, 4.69) is 15.4 Å². The van der Waals surface area contributed by atoms with E-state index in [1.54, 1.807) is 4.52 Å². The molecule has 0 radical (unpaired) electrons. The van der Waals surface area contributed by atoms with Crippen LogP contribution in [0.25, 0.3) is 16.2 Å². The SMILES string of the molecule is CCc1ccccc1OCC(=O)Nc1nc2scc(-c3ccccc3)n2n1. The Kier molecular flexibility index (Phi) is 4.84. The third kappa shape index (κ3) is 3.68. The number of aromatic nitrogens is 3. The van der Waals surface area contributed by atoms with E-state index in [0.29, 0.717) is 0 Å². The molecule has 4 aromatic rings. The number of hydrogen-bond donors (Lipinski definition) is 1. The number of ether oxygens (including phenoxy) is 1. The molecule has 0 fully saturated rings. The van der Waals surface area contributed by atoms with Gasteiger partial charge >= 0.3 is 0 Å². The minimum absolute atomic E-state index is 0.0879. The number of hydrogen-bond acceptors (Lipinski definition) is 5. The fourth-order valence-electron chi connectivity index (χ4n) is 2.78. The summed E-state index contributed by atoms with van der Waals surface area (Å²) in [5.41, 5.74) is 3.06. The molecule has 2 aromatic heterocycles. The first-order valence-electron chi connectivity index (χ1n) is 8.65. The van der Waals surface area contributed by atoms with Gasteiger partial charge in [-0.1, -0.05) is 55.5 Å². The van der Waals surface area contributed by atoms with Crippen LogP contribution in [0, 0.1) is 0 Å². The standard InChI is InChI=1S/C20H18N4O2S/c1-2-14-8-6-7-11-17(14)26-12-18(25)21-19-22-20-24(23-19)16(13-27-20)15-9-4-3-5-10-15/h3-11,13H,2,12H2,1H3,(H,21,23,25). The molecule has 0 aliphatic carbocycles. The van der Waals surface area contributed by atoms with Crippen molar-refractivity contribution in [3.63, 3.8) is 0 Å². The maximum Gasteiger partial charge on any atom is 0.264 e. The molecule has 1 amide bonds. The molecule has 1 N–H and O–H groups in total. The maximum absolute atomic E-state index is 12.2. The van der Waals surface area contributed by atoms with Crippen LogP contribution in [0.2, 0.25) is 0 Å². The number of carbonyl (C=O) groups is 1. The first-order valence-corrected chi connectivity index (χ1v) is 9.53. The van der Waals surface area contributed by atoms with Crippen molar-refractivity contribution in [3.05, 3.63) is 65.5 Å². The van der Waals surface area contributed by atoms with Crippen LogP contribution in [0.3, 0.4) is 0 Å². The monoisotopic (exact) mass is 378 g/mol. The summed E-state index contributed by atoms with van der Waals surface area (Å²) >= 11 is 1.48. The van der Waals surface area contributed by atoms with Crippen LogP contribution in [-0.4, -0.2) is 27.1 Å². The molecule has 0 atom stereocenters. The number of nitrogens with one attached hydrogen (secondary N) is 1. The number of aryl methyl sites for hydroxylation is 1. The first kappa shape index (κ1) is 17.2. The summed E-state index contributed by atoms with van der Waals surface area (Å²) in [4.78, 5) is 17.3. The number of para-hydroxylation sites is 1. The number of benzene rings is 2. The average Bonchev–Trinajstić information content (AvgIpc) is 3.27. The minimum Gasteiger partial charge on any atom is -0.483 e. The first-order chi connectivity index (χ1) is 13.2. The van der Waals surface area contributed by atoms with Gasteiger partial charge in [0.25, 0.3) is 11.9 Å². The van der Waals surface area contributed by atoms with E-state index in [9.17, 15) is 4.79 Å². The van der Waals surface area contributed by atoms with Crippen molar-refractivity contribution >= 4 is 28.2 Å². The van der Waals surface area contributed by atoms with Crippen LogP contribution in [0.1, 0.15) is 12.5 Å². The van der Waals surface area contributed by atoms with Crippen molar-refractivity contribution < 1.29 is 9.53 Å². The Morgan fingerprint density at radius 3 is 2.74 bits per heavy atom. The summed E-state index contributed by atoms with van der Waals surface area (Å²) in [7, 11) is 0. The van der Waals surface area contributed by atoms with Gasteiger partial charge in [-0.05, 0) is 18.1 Å². The van der Waals surface area contributed by atoms with Gasteiger partial charge in [-0.3, -0.25) is 10.1 Å². The summed E-state index contributed by atoms with van der Waals surface area (Å²) < 4.78 is 7.38. The molecule has 0 unspecified atom stereocenters. The van der Waals surface area contributed by atoms with E-state index in [4.69, 9.17) is 4.74 Å². The Balaban J connectivity index is 1.46. The molecule has 2 heterocycles. The quantitative estimate of drug-likeness (QED) is 0.550. The number of rotatable bonds is 6.